The van der Waals surface area contributed by atoms with Gasteiger partial charge < -0.3 is 58.6 Å². The Labute approximate surface area is 307 Å². The average molecular weight is 733 g/mol. The van der Waals surface area contributed by atoms with Gasteiger partial charge in [-0.25, -0.2) is 0 Å². The van der Waals surface area contributed by atoms with Crippen molar-refractivity contribution in [3.63, 3.8) is 0 Å². The fourth-order valence-electron chi connectivity index (χ4n) is 8.69. The van der Waals surface area contributed by atoms with Gasteiger partial charge in [-0.2, -0.15) is 0 Å². The van der Waals surface area contributed by atoms with E-state index in [9.17, 15) is 25.2 Å². The molecule has 0 spiro atoms. The van der Waals surface area contributed by atoms with E-state index in [1.165, 1.54) is 7.11 Å². The standard InChI is InChI=1S/C38H72N2O11/c1-15-28-22(4)30(41)25(7)40(13)19-20(2)17-37(9,45)34(51-36-31(42)27(39(11)12)16-21(3)47-36)23(5)32(24(6)35(44)49-28)50-29-18-38(10,46-14)33(43)26(8)48-29/h20-34,36,41-43,45H,15-19H2,1-14H3. The normalized spacial score (nSPS) is 48.9. The van der Waals surface area contributed by atoms with Gasteiger partial charge in [0.15, 0.2) is 12.6 Å². The summed E-state index contributed by atoms with van der Waals surface area (Å²) >= 11 is 0. The van der Waals surface area contributed by atoms with E-state index < -0.39 is 84.3 Å². The smallest absolute Gasteiger partial charge is 0.311 e. The summed E-state index contributed by atoms with van der Waals surface area (Å²) in [6.45, 7) is 19.2. The van der Waals surface area contributed by atoms with Crippen LogP contribution in [0.3, 0.4) is 0 Å². The molecule has 3 heterocycles. The Bertz CT molecular complexity index is 1100. The Balaban J connectivity index is 2.15. The molecule has 0 bridgehead atoms. The number of aliphatic hydroxyl groups is 4. The number of nitrogens with zero attached hydrogens (tertiary/aromatic N) is 2. The van der Waals surface area contributed by atoms with Crippen LogP contribution in [0.2, 0.25) is 0 Å². The topological polar surface area (TPSA) is 160 Å². The molecule has 18 atom stereocenters. The van der Waals surface area contributed by atoms with E-state index >= 15 is 0 Å². The van der Waals surface area contributed by atoms with Crippen molar-refractivity contribution in [2.24, 2.45) is 23.7 Å². The Morgan fingerprint density at radius 2 is 1.57 bits per heavy atom. The molecule has 300 valence electrons. The summed E-state index contributed by atoms with van der Waals surface area (Å²) < 4.78 is 37.8. The van der Waals surface area contributed by atoms with E-state index in [0.717, 1.165) is 0 Å². The number of likely N-dealkylation sites (N-methyl/N-ethyl adjacent to an activating group) is 2. The zero-order chi connectivity index (χ0) is 38.7. The first-order chi connectivity index (χ1) is 23.6. The summed E-state index contributed by atoms with van der Waals surface area (Å²) in [5, 5.41) is 46.4. The lowest BCUT2D eigenvalue weighted by Gasteiger charge is -2.48. The van der Waals surface area contributed by atoms with E-state index in [0.29, 0.717) is 25.8 Å². The molecule has 0 saturated carbocycles. The average Bonchev–Trinajstić information content (AvgIpc) is 3.05. The second-order valence-electron chi connectivity index (χ2n) is 16.9. The quantitative estimate of drug-likeness (QED) is 0.284. The van der Waals surface area contributed by atoms with Gasteiger partial charge >= 0.3 is 5.97 Å². The lowest BCUT2D eigenvalue weighted by Crippen LogP contribution is -2.60. The van der Waals surface area contributed by atoms with Gasteiger partial charge in [0.1, 0.15) is 18.3 Å². The molecule has 3 aliphatic rings. The molecule has 0 aromatic heterocycles. The summed E-state index contributed by atoms with van der Waals surface area (Å²) in [6, 6.07) is -0.498. The summed E-state index contributed by atoms with van der Waals surface area (Å²) in [6.07, 6.45) is -6.42. The van der Waals surface area contributed by atoms with Crippen LogP contribution in [-0.2, 0) is 33.2 Å². The summed E-state index contributed by atoms with van der Waals surface area (Å²) in [7, 11) is 7.28. The third kappa shape index (κ3) is 10.4. The molecule has 0 radical (unpaired) electrons. The number of carbonyl (C=O) groups is 1. The van der Waals surface area contributed by atoms with E-state index in [4.69, 9.17) is 28.4 Å². The molecule has 13 nitrogen and oxygen atoms in total. The molecule has 4 N–H and O–H groups in total. The van der Waals surface area contributed by atoms with Crippen LogP contribution in [0, 0.1) is 23.7 Å². The zero-order valence-electron chi connectivity index (χ0n) is 33.8. The number of ether oxygens (including phenoxy) is 6. The fourth-order valence-corrected chi connectivity index (χ4v) is 8.69. The minimum Gasteiger partial charge on any atom is -0.462 e. The van der Waals surface area contributed by atoms with Gasteiger partial charge in [-0.1, -0.05) is 27.7 Å². The zero-order valence-corrected chi connectivity index (χ0v) is 33.8. The molecule has 18 unspecified atom stereocenters. The van der Waals surface area contributed by atoms with E-state index in [1.807, 2.05) is 60.7 Å². The van der Waals surface area contributed by atoms with Gasteiger partial charge in [-0.15, -0.1) is 0 Å². The van der Waals surface area contributed by atoms with Gasteiger partial charge in [-0.05, 0) is 87.9 Å². The number of hydrogen-bond donors (Lipinski definition) is 4. The number of methoxy groups -OCH3 is 1. The second kappa shape index (κ2) is 18.1. The number of hydrogen-bond acceptors (Lipinski definition) is 13. The van der Waals surface area contributed by atoms with Crippen LogP contribution in [0.4, 0.5) is 0 Å². The van der Waals surface area contributed by atoms with Crippen molar-refractivity contribution in [1.82, 2.24) is 9.80 Å². The maximum absolute atomic E-state index is 14.2. The van der Waals surface area contributed by atoms with Crippen LogP contribution in [0.5, 0.6) is 0 Å². The van der Waals surface area contributed by atoms with Crippen LogP contribution in [0.1, 0.15) is 94.9 Å². The van der Waals surface area contributed by atoms with Crippen molar-refractivity contribution < 1.29 is 53.6 Å². The molecule has 13 heteroatoms. The maximum Gasteiger partial charge on any atom is 0.311 e. The lowest BCUT2D eigenvalue weighted by atomic mass is 9.77. The molecule has 51 heavy (non-hydrogen) atoms. The molecule has 0 aromatic rings. The minimum absolute atomic E-state index is 0.0490. The lowest BCUT2D eigenvalue weighted by molar-refractivity contribution is -0.317. The summed E-state index contributed by atoms with van der Waals surface area (Å²) in [5.74, 6) is -2.48. The minimum atomic E-state index is -1.50. The third-order valence-corrected chi connectivity index (χ3v) is 12.2. The molecule has 3 aliphatic heterocycles. The van der Waals surface area contributed by atoms with Crippen LogP contribution in [0.15, 0.2) is 0 Å². The Kier molecular flexibility index (Phi) is 15.8. The first kappa shape index (κ1) is 44.4. The van der Waals surface area contributed by atoms with Crippen LogP contribution >= 0.6 is 0 Å². The highest BCUT2D eigenvalue weighted by molar-refractivity contribution is 5.73. The predicted molar refractivity (Wildman–Crippen MR) is 193 cm³/mol. The van der Waals surface area contributed by atoms with Crippen molar-refractivity contribution in [2.75, 3.05) is 34.8 Å². The molecule has 3 fully saturated rings. The number of cyclic esters (lactones) is 1. The summed E-state index contributed by atoms with van der Waals surface area (Å²) in [4.78, 5) is 18.2. The highest BCUT2D eigenvalue weighted by atomic mass is 16.7. The first-order valence-electron chi connectivity index (χ1n) is 19.1. The molecule has 3 saturated heterocycles. The van der Waals surface area contributed by atoms with Gasteiger partial charge in [0.2, 0.25) is 0 Å². The Morgan fingerprint density at radius 3 is 2.14 bits per heavy atom. The SMILES string of the molecule is CCC1OC(=O)C(C)C(OC2CC(C)(OC)C(O)C(C)O2)C(C)C(OC2OC(C)CC(N(C)C)C2O)C(C)(O)CC(C)CN(C)C(C)C(O)C1C. The molecule has 0 amide bonds. The van der Waals surface area contributed by atoms with E-state index in [2.05, 4.69) is 11.8 Å². The third-order valence-electron chi connectivity index (χ3n) is 12.2. The summed E-state index contributed by atoms with van der Waals surface area (Å²) in [5.41, 5.74) is -2.48. The first-order valence-corrected chi connectivity index (χ1v) is 19.1. The maximum atomic E-state index is 14.2. The van der Waals surface area contributed by atoms with Gasteiger partial charge in [0.25, 0.3) is 0 Å². The van der Waals surface area contributed by atoms with Gasteiger partial charge in [-0.3, -0.25) is 4.79 Å². The van der Waals surface area contributed by atoms with Crippen molar-refractivity contribution in [1.29, 1.82) is 0 Å². The largest absolute Gasteiger partial charge is 0.462 e. The van der Waals surface area contributed by atoms with Crippen LogP contribution in [0.25, 0.3) is 0 Å². The molecule has 0 aliphatic carbocycles. The van der Waals surface area contributed by atoms with E-state index in [1.54, 1.807) is 27.7 Å². The predicted octanol–water partition coefficient (Wildman–Crippen LogP) is 2.79. The van der Waals surface area contributed by atoms with Crippen molar-refractivity contribution in [3.05, 3.63) is 0 Å². The second-order valence-corrected chi connectivity index (χ2v) is 16.9. The van der Waals surface area contributed by atoms with Crippen LogP contribution in [-0.4, -0.2) is 156 Å². The van der Waals surface area contributed by atoms with Gasteiger partial charge in [0.05, 0.1) is 47.6 Å². The highest BCUT2D eigenvalue weighted by Crippen LogP contribution is 2.40. The number of aliphatic hydroxyl groups excluding tert-OH is 3. The fraction of sp³-hybridized carbons (Fsp3) is 0.974. The molecule has 3 rings (SSSR count). The highest BCUT2D eigenvalue weighted by Gasteiger charge is 2.51. The Hall–Kier alpha value is -0.970. The van der Waals surface area contributed by atoms with Crippen molar-refractivity contribution >= 4 is 5.97 Å². The Morgan fingerprint density at radius 1 is 0.941 bits per heavy atom. The number of carbonyl (C=O) groups excluding carboxylic acids is 1. The number of rotatable bonds is 7. The molecular formula is C38H72N2O11. The number of esters is 1. The van der Waals surface area contributed by atoms with Crippen LogP contribution < -0.4 is 0 Å². The van der Waals surface area contributed by atoms with Crippen molar-refractivity contribution in [3.8, 4) is 0 Å². The van der Waals surface area contributed by atoms with Gasteiger partial charge in [0, 0.05) is 44.0 Å². The molecule has 0 aromatic carbocycles. The monoisotopic (exact) mass is 733 g/mol. The molecular weight excluding hydrogens is 660 g/mol. The van der Waals surface area contributed by atoms with Crippen molar-refractivity contribution in [2.45, 2.75) is 180 Å². The van der Waals surface area contributed by atoms with E-state index in [-0.39, 0.29) is 36.4 Å².